The summed E-state index contributed by atoms with van der Waals surface area (Å²) in [6.45, 7) is 5.89. The molecule has 0 bridgehead atoms. The van der Waals surface area contributed by atoms with E-state index in [1.165, 1.54) is 31.5 Å². The topological polar surface area (TPSA) is 116 Å². The van der Waals surface area contributed by atoms with Gasteiger partial charge in [-0.3, -0.25) is 24.3 Å². The van der Waals surface area contributed by atoms with Crippen LogP contribution in [0.2, 0.25) is 0 Å². The first kappa shape index (κ1) is 39.5. The second kappa shape index (κ2) is 17.9. The number of rotatable bonds is 12. The fourth-order valence-corrected chi connectivity index (χ4v) is 6.97. The molecule has 0 spiro atoms. The maximum Gasteiger partial charge on any atom is 0.416 e. The Morgan fingerprint density at radius 2 is 1.71 bits per heavy atom. The normalized spacial score (nSPS) is 17.8. The quantitative estimate of drug-likeness (QED) is 0.253. The predicted octanol–water partition coefficient (Wildman–Crippen LogP) is 5.40. The van der Waals surface area contributed by atoms with Crippen LogP contribution in [0, 0.1) is 0 Å². The van der Waals surface area contributed by atoms with Gasteiger partial charge in [-0.15, -0.1) is 0 Å². The number of hydrogen-bond acceptors (Lipinski definition) is 8. The molecular weight excluding hydrogens is 713 g/mol. The largest absolute Gasteiger partial charge is 0.497 e. The number of methoxy groups -OCH3 is 1. The zero-order chi connectivity index (χ0) is 39.0. The third kappa shape index (κ3) is 10.3. The highest BCUT2D eigenvalue weighted by molar-refractivity contribution is 6.01. The molecule has 3 aliphatic rings. The van der Waals surface area contributed by atoms with E-state index < -0.39 is 29.6 Å². The molecule has 2 fully saturated rings. The molecule has 0 radical (unpaired) electrons. The number of nitrogens with zero attached hydrogens (tertiary/aromatic N) is 4. The number of nitrogens with one attached hydrogen (secondary N) is 2. The van der Waals surface area contributed by atoms with E-state index in [2.05, 4.69) is 31.5 Å². The third-order valence-corrected chi connectivity index (χ3v) is 10.1. The van der Waals surface area contributed by atoms with Crippen LogP contribution in [0.3, 0.4) is 0 Å². The Balaban J connectivity index is 1.20. The van der Waals surface area contributed by atoms with E-state index in [0.29, 0.717) is 60.9 Å². The first-order valence-corrected chi connectivity index (χ1v) is 18.6. The van der Waals surface area contributed by atoms with E-state index in [-0.39, 0.29) is 23.6 Å². The van der Waals surface area contributed by atoms with Gasteiger partial charge in [-0.25, -0.2) is 0 Å². The van der Waals surface area contributed by atoms with E-state index in [9.17, 15) is 27.6 Å². The van der Waals surface area contributed by atoms with Crippen molar-refractivity contribution in [1.82, 2.24) is 30.3 Å². The Bertz CT molecular complexity index is 1920. The predicted molar refractivity (Wildman–Crippen MR) is 201 cm³/mol. The van der Waals surface area contributed by atoms with Crippen molar-refractivity contribution < 1.29 is 37.0 Å². The molecule has 14 heteroatoms. The number of aromatic nitrogens is 1. The molecule has 3 aromatic rings. The number of carbonyl (C=O) groups is 3. The van der Waals surface area contributed by atoms with Gasteiger partial charge in [0.25, 0.3) is 17.7 Å². The number of likely N-dealkylation sites (N-methyl/N-ethyl adjacent to an activating group) is 1. The Morgan fingerprint density at radius 1 is 0.945 bits per heavy atom. The zero-order valence-electron chi connectivity index (χ0n) is 31.2. The van der Waals surface area contributed by atoms with Crippen LogP contribution in [0.25, 0.3) is 5.57 Å². The molecule has 3 amide bonds. The van der Waals surface area contributed by atoms with Gasteiger partial charge in [0, 0.05) is 87.0 Å². The van der Waals surface area contributed by atoms with Crippen molar-refractivity contribution in [2.24, 2.45) is 0 Å². The summed E-state index contributed by atoms with van der Waals surface area (Å²) in [7, 11) is 3.22. The smallest absolute Gasteiger partial charge is 0.416 e. The first-order valence-electron chi connectivity index (χ1n) is 18.6. The molecule has 1 unspecified atom stereocenters. The van der Waals surface area contributed by atoms with Crippen LogP contribution in [0.4, 0.5) is 13.2 Å². The van der Waals surface area contributed by atoms with Crippen molar-refractivity contribution in [3.8, 4) is 5.75 Å². The van der Waals surface area contributed by atoms with E-state index in [4.69, 9.17) is 9.47 Å². The van der Waals surface area contributed by atoms with Crippen LogP contribution in [0.15, 0.2) is 78.6 Å². The lowest BCUT2D eigenvalue weighted by Gasteiger charge is -2.33. The van der Waals surface area contributed by atoms with Crippen molar-refractivity contribution in [2.45, 2.75) is 44.4 Å². The maximum atomic E-state index is 14.0. The molecular formula is C41H47F3N6O5. The number of hydrogen-bond donors (Lipinski definition) is 2. The van der Waals surface area contributed by atoms with Crippen LogP contribution in [0.5, 0.6) is 5.75 Å². The molecule has 2 N–H and O–H groups in total. The van der Waals surface area contributed by atoms with Crippen molar-refractivity contribution in [2.75, 3.05) is 66.6 Å². The summed E-state index contributed by atoms with van der Waals surface area (Å²) in [5, 5.41) is 5.85. The molecule has 2 saturated heterocycles. The van der Waals surface area contributed by atoms with E-state index in [1.54, 1.807) is 36.2 Å². The molecule has 1 aromatic heterocycles. The Labute approximate surface area is 319 Å². The molecule has 55 heavy (non-hydrogen) atoms. The lowest BCUT2D eigenvalue weighted by molar-refractivity contribution is -0.137. The van der Waals surface area contributed by atoms with E-state index in [1.807, 2.05) is 6.08 Å². The number of carbonyl (C=O) groups excluding carboxylic acids is 3. The minimum Gasteiger partial charge on any atom is -0.497 e. The van der Waals surface area contributed by atoms with E-state index >= 15 is 0 Å². The second-order valence-electron chi connectivity index (χ2n) is 14.0. The number of morpholine rings is 1. The highest BCUT2D eigenvalue weighted by Gasteiger charge is 2.31. The van der Waals surface area contributed by atoms with Crippen LogP contribution in [-0.4, -0.2) is 110 Å². The van der Waals surface area contributed by atoms with Gasteiger partial charge in [0.1, 0.15) is 5.75 Å². The van der Waals surface area contributed by atoms with Gasteiger partial charge in [0.2, 0.25) is 0 Å². The van der Waals surface area contributed by atoms with Gasteiger partial charge in [-0.2, -0.15) is 13.2 Å². The van der Waals surface area contributed by atoms with Crippen LogP contribution in [0.1, 0.15) is 73.6 Å². The number of pyridine rings is 1. The van der Waals surface area contributed by atoms with Gasteiger partial charge in [-0.05, 0) is 79.8 Å². The maximum absolute atomic E-state index is 14.0. The average Bonchev–Trinajstić information content (AvgIpc) is 3.22. The van der Waals surface area contributed by atoms with Gasteiger partial charge in [0.15, 0.2) is 0 Å². The summed E-state index contributed by atoms with van der Waals surface area (Å²) in [4.78, 5) is 51.6. The Kier molecular flexibility index (Phi) is 12.9. The summed E-state index contributed by atoms with van der Waals surface area (Å²) in [6.07, 6.45) is 4.85. The first-order chi connectivity index (χ1) is 26.5. The lowest BCUT2D eigenvalue weighted by Crippen LogP contribution is -2.42. The summed E-state index contributed by atoms with van der Waals surface area (Å²) in [5.41, 5.74) is 2.56. The number of alkyl halides is 3. The highest BCUT2D eigenvalue weighted by atomic mass is 19.4. The number of allylic oxidation sites excluding steroid dienone is 1. The highest BCUT2D eigenvalue weighted by Crippen LogP contribution is 2.31. The fourth-order valence-electron chi connectivity index (χ4n) is 6.97. The number of benzene rings is 2. The zero-order valence-corrected chi connectivity index (χ0v) is 31.2. The summed E-state index contributed by atoms with van der Waals surface area (Å²) in [5.74, 6) is -0.756. The minimum atomic E-state index is -4.49. The van der Waals surface area contributed by atoms with Crippen molar-refractivity contribution in [1.29, 1.82) is 0 Å². The molecule has 3 heterocycles. The fraction of sp³-hybridized carbons (Fsp3) is 0.415. The summed E-state index contributed by atoms with van der Waals surface area (Å²) in [6, 6.07) is 12.2. The van der Waals surface area contributed by atoms with E-state index in [0.717, 1.165) is 63.3 Å². The van der Waals surface area contributed by atoms with Crippen LogP contribution in [-0.2, 0) is 17.5 Å². The number of piperidine rings is 1. The summed E-state index contributed by atoms with van der Waals surface area (Å²) >= 11 is 0. The third-order valence-electron chi connectivity index (χ3n) is 10.1. The monoisotopic (exact) mass is 760 g/mol. The Morgan fingerprint density at radius 3 is 2.45 bits per heavy atom. The number of halogens is 3. The van der Waals surface area contributed by atoms with Crippen LogP contribution < -0.4 is 15.4 Å². The van der Waals surface area contributed by atoms with Gasteiger partial charge in [-0.1, -0.05) is 18.2 Å². The molecule has 1 atom stereocenters. The van der Waals surface area contributed by atoms with Gasteiger partial charge in [0.05, 0.1) is 37.6 Å². The number of ether oxygens (including phenoxy) is 2. The molecule has 6 rings (SSSR count). The van der Waals surface area contributed by atoms with Gasteiger partial charge >= 0.3 is 6.18 Å². The molecule has 1 aliphatic carbocycles. The molecule has 2 aromatic carbocycles. The van der Waals surface area contributed by atoms with Crippen molar-refractivity contribution >= 4 is 23.3 Å². The Hall–Kier alpha value is -5.21. The van der Waals surface area contributed by atoms with Gasteiger partial charge < -0.3 is 29.9 Å². The van der Waals surface area contributed by atoms with Crippen molar-refractivity contribution in [3.05, 3.63) is 112 Å². The molecule has 0 saturated carbocycles. The van der Waals surface area contributed by atoms with Crippen LogP contribution >= 0.6 is 0 Å². The SMILES string of the molecule is COc1cc(C(=O)NC2CC=C(N3CCCCC3)C=C2c2cc(C(=O)NCc3cccc(C(F)(F)F)c3)ccn2)cc(C(=O)N(C)CCN2CCOCC2)c1. The number of likely N-dealkylation sites (tertiary alicyclic amines) is 1. The lowest BCUT2D eigenvalue weighted by atomic mass is 9.92. The summed E-state index contributed by atoms with van der Waals surface area (Å²) < 4.78 is 50.6. The second-order valence-corrected chi connectivity index (χ2v) is 14.0. The molecule has 292 valence electrons. The molecule has 2 aliphatic heterocycles. The molecule has 11 nitrogen and oxygen atoms in total. The minimum absolute atomic E-state index is 0.0989. The standard InChI is InChI=1S/C41H47F3N6O5/c1-48(15-16-49-17-19-55-20-18-49)40(53)31-22-30(23-34(24-31)54-2)39(52)47-36-10-9-33(50-13-4-3-5-14-50)26-35(36)37-25-29(11-12-45-37)38(51)46-27-28-7-6-8-32(21-28)41(42,43)44/h6-9,11-12,21-26,36H,3-5,10,13-20,27H2,1-2H3,(H,46,51)(H,47,52). The average molecular weight is 761 g/mol. The van der Waals surface area contributed by atoms with Crippen molar-refractivity contribution in [3.63, 3.8) is 0 Å². The number of amides is 3.